The van der Waals surface area contributed by atoms with Gasteiger partial charge < -0.3 is 20.1 Å². The molecule has 0 saturated heterocycles. The second-order valence-corrected chi connectivity index (χ2v) is 8.30. The third kappa shape index (κ3) is 4.94. The molecule has 1 aliphatic rings. The van der Waals surface area contributed by atoms with Crippen molar-refractivity contribution in [2.75, 3.05) is 18.6 Å². The summed E-state index contributed by atoms with van der Waals surface area (Å²) in [4.78, 5) is 38.2. The summed E-state index contributed by atoms with van der Waals surface area (Å²) >= 11 is 0. The van der Waals surface area contributed by atoms with Crippen LogP contribution in [0, 0.1) is 0 Å². The van der Waals surface area contributed by atoms with Crippen molar-refractivity contribution in [2.45, 2.75) is 18.4 Å². The van der Waals surface area contributed by atoms with Crippen molar-refractivity contribution in [3.63, 3.8) is 0 Å². The summed E-state index contributed by atoms with van der Waals surface area (Å²) in [5.41, 5.74) is 5.09. The number of nitrogens with zero attached hydrogens (tertiary/aromatic N) is 1. The van der Waals surface area contributed by atoms with Crippen molar-refractivity contribution < 1.29 is 24.2 Å². The van der Waals surface area contributed by atoms with E-state index >= 15 is 0 Å². The molecule has 178 valence electrons. The van der Waals surface area contributed by atoms with E-state index < -0.39 is 18.1 Å². The molecule has 0 aromatic heterocycles. The first kappa shape index (κ1) is 23.8. The smallest absolute Gasteiger partial charge is 0.407 e. The predicted octanol–water partition coefficient (Wildman–Crippen LogP) is 4.83. The molecule has 7 heteroatoms. The van der Waals surface area contributed by atoms with Gasteiger partial charge in [-0.3, -0.25) is 4.79 Å². The molecule has 7 nitrogen and oxygen atoms in total. The van der Waals surface area contributed by atoms with Crippen LogP contribution >= 0.6 is 0 Å². The molecule has 0 fully saturated rings. The fourth-order valence-electron chi connectivity index (χ4n) is 4.36. The average Bonchev–Trinajstić information content (AvgIpc) is 3.20. The summed E-state index contributed by atoms with van der Waals surface area (Å²) in [6, 6.07) is 21.2. The largest absolute Gasteiger partial charge is 0.478 e. The van der Waals surface area contributed by atoms with E-state index in [9.17, 15) is 14.4 Å². The van der Waals surface area contributed by atoms with E-state index in [1.807, 2.05) is 36.4 Å². The molecular weight excluding hydrogens is 444 g/mol. The molecule has 2 N–H and O–H groups in total. The normalized spacial score (nSPS) is 12.7. The van der Waals surface area contributed by atoms with E-state index in [0.717, 1.165) is 22.3 Å². The third-order valence-electron chi connectivity index (χ3n) is 6.17. The van der Waals surface area contributed by atoms with Crippen LogP contribution < -0.4 is 10.2 Å². The van der Waals surface area contributed by atoms with Gasteiger partial charge >= 0.3 is 12.1 Å². The Labute approximate surface area is 203 Å². The Hall–Kier alpha value is -4.39. The molecule has 0 heterocycles. The maximum absolute atomic E-state index is 13.1. The zero-order chi connectivity index (χ0) is 24.9. The highest BCUT2D eigenvalue weighted by Gasteiger charge is 2.30. The van der Waals surface area contributed by atoms with Crippen LogP contribution in [0.4, 0.5) is 10.5 Å². The highest BCUT2D eigenvalue weighted by atomic mass is 16.5. The molecule has 1 aliphatic carbocycles. The van der Waals surface area contributed by atoms with Crippen LogP contribution in [-0.2, 0) is 9.53 Å². The lowest BCUT2D eigenvalue weighted by Crippen LogP contribution is -2.47. The Kier molecular flexibility index (Phi) is 6.96. The van der Waals surface area contributed by atoms with Crippen LogP contribution in [0.2, 0.25) is 0 Å². The number of hydrogen-bond donors (Lipinski definition) is 2. The number of fused-ring (bicyclic) bond motifs is 3. The number of anilines is 1. The number of rotatable bonds is 8. The maximum Gasteiger partial charge on any atom is 0.407 e. The fourth-order valence-corrected chi connectivity index (χ4v) is 4.36. The van der Waals surface area contributed by atoms with Gasteiger partial charge in [-0.1, -0.05) is 54.6 Å². The lowest BCUT2D eigenvalue weighted by molar-refractivity contribution is -0.120. The number of aromatic carboxylic acids is 1. The van der Waals surface area contributed by atoms with Crippen molar-refractivity contribution in [2.24, 2.45) is 0 Å². The van der Waals surface area contributed by atoms with Gasteiger partial charge in [-0.15, -0.1) is 6.58 Å². The van der Waals surface area contributed by atoms with Gasteiger partial charge in [-0.2, -0.15) is 0 Å². The van der Waals surface area contributed by atoms with Crippen molar-refractivity contribution in [3.8, 4) is 11.1 Å². The van der Waals surface area contributed by atoms with E-state index in [4.69, 9.17) is 9.84 Å². The SMILES string of the molecule is C=CCC(NC(=O)OCC1c2ccccc2-c2ccccc21)C(=O)N(C)c1ccc(C(=O)O)cc1. The Morgan fingerprint density at radius 2 is 1.57 bits per heavy atom. The maximum atomic E-state index is 13.1. The summed E-state index contributed by atoms with van der Waals surface area (Å²) in [6.45, 7) is 3.82. The van der Waals surface area contributed by atoms with Crippen LogP contribution in [0.5, 0.6) is 0 Å². The first-order chi connectivity index (χ1) is 16.9. The van der Waals surface area contributed by atoms with Gasteiger partial charge in [-0.25, -0.2) is 9.59 Å². The van der Waals surface area contributed by atoms with Gasteiger partial charge in [0.2, 0.25) is 5.91 Å². The Morgan fingerprint density at radius 3 is 2.11 bits per heavy atom. The van der Waals surface area contributed by atoms with E-state index in [2.05, 4.69) is 24.0 Å². The molecule has 4 rings (SSSR count). The molecule has 1 atom stereocenters. The number of carbonyl (C=O) groups is 3. The number of carbonyl (C=O) groups excluding carboxylic acids is 2. The van der Waals surface area contributed by atoms with Gasteiger partial charge in [0, 0.05) is 18.7 Å². The highest BCUT2D eigenvalue weighted by Crippen LogP contribution is 2.44. The summed E-state index contributed by atoms with van der Waals surface area (Å²) in [5.74, 6) is -1.51. The number of benzene rings is 3. The second kappa shape index (κ2) is 10.3. The zero-order valence-corrected chi connectivity index (χ0v) is 19.3. The first-order valence-electron chi connectivity index (χ1n) is 11.2. The summed E-state index contributed by atoms with van der Waals surface area (Å²) in [7, 11) is 1.56. The Morgan fingerprint density at radius 1 is 1.00 bits per heavy atom. The van der Waals surface area contributed by atoms with Crippen molar-refractivity contribution in [1.82, 2.24) is 5.32 Å². The lowest BCUT2D eigenvalue weighted by Gasteiger charge is -2.24. The van der Waals surface area contributed by atoms with Crippen LogP contribution in [0.3, 0.4) is 0 Å². The molecule has 3 aromatic rings. The van der Waals surface area contributed by atoms with E-state index in [0.29, 0.717) is 5.69 Å². The number of hydrogen-bond acceptors (Lipinski definition) is 4. The zero-order valence-electron chi connectivity index (χ0n) is 19.3. The molecule has 2 amide bonds. The van der Waals surface area contributed by atoms with Gasteiger partial charge in [-0.05, 0) is 52.9 Å². The lowest BCUT2D eigenvalue weighted by atomic mass is 9.98. The van der Waals surface area contributed by atoms with E-state index in [-0.39, 0.29) is 30.4 Å². The number of likely N-dealkylation sites (N-methyl/N-ethyl adjacent to an activating group) is 1. The van der Waals surface area contributed by atoms with Crippen LogP contribution in [-0.4, -0.2) is 42.8 Å². The molecule has 0 aliphatic heterocycles. The average molecular weight is 471 g/mol. The van der Waals surface area contributed by atoms with E-state index in [1.54, 1.807) is 25.3 Å². The minimum atomic E-state index is -1.05. The fraction of sp³-hybridized carbons (Fsp3) is 0.179. The van der Waals surface area contributed by atoms with Gasteiger partial charge in [0.1, 0.15) is 12.6 Å². The van der Waals surface area contributed by atoms with Gasteiger partial charge in [0.25, 0.3) is 0 Å². The minimum Gasteiger partial charge on any atom is -0.478 e. The first-order valence-corrected chi connectivity index (χ1v) is 11.2. The third-order valence-corrected chi connectivity index (χ3v) is 6.17. The number of nitrogens with one attached hydrogen (secondary N) is 1. The quantitative estimate of drug-likeness (QED) is 0.460. The predicted molar refractivity (Wildman–Crippen MR) is 134 cm³/mol. The standard InChI is InChI=1S/C28H26N2O5/c1-3-8-25(26(31)30(2)19-15-13-18(14-16-19)27(32)33)29-28(34)35-17-24-22-11-6-4-9-20(22)21-10-5-7-12-23(21)24/h3-7,9-16,24-25H,1,8,17H2,2H3,(H,29,34)(H,32,33). The van der Waals surface area contributed by atoms with Crippen LogP contribution in [0.25, 0.3) is 11.1 Å². The summed E-state index contributed by atoms with van der Waals surface area (Å²) in [6.07, 6.45) is 1.07. The Balaban J connectivity index is 1.42. The monoisotopic (exact) mass is 470 g/mol. The number of carboxylic acid groups (broad SMARTS) is 1. The molecule has 0 radical (unpaired) electrons. The van der Waals surface area contributed by atoms with Crippen molar-refractivity contribution in [3.05, 3.63) is 102 Å². The van der Waals surface area contributed by atoms with Crippen LogP contribution in [0.15, 0.2) is 85.5 Å². The molecule has 0 saturated carbocycles. The number of carboxylic acids is 1. The topological polar surface area (TPSA) is 95.9 Å². The molecule has 35 heavy (non-hydrogen) atoms. The summed E-state index contributed by atoms with van der Waals surface area (Å²) < 4.78 is 5.57. The summed E-state index contributed by atoms with van der Waals surface area (Å²) in [5, 5.41) is 11.7. The molecule has 0 bridgehead atoms. The second-order valence-electron chi connectivity index (χ2n) is 8.30. The highest BCUT2D eigenvalue weighted by molar-refractivity contribution is 5.99. The van der Waals surface area contributed by atoms with Gasteiger partial charge in [0.05, 0.1) is 5.56 Å². The molecule has 1 unspecified atom stereocenters. The van der Waals surface area contributed by atoms with E-state index in [1.165, 1.54) is 17.0 Å². The van der Waals surface area contributed by atoms with Gasteiger partial charge in [0.15, 0.2) is 0 Å². The Bertz CT molecular complexity index is 1220. The molecular formula is C28H26N2O5. The molecule has 0 spiro atoms. The molecule has 3 aromatic carbocycles. The number of amides is 2. The number of ether oxygens (including phenoxy) is 1. The number of alkyl carbamates (subject to hydrolysis) is 1. The van der Waals surface area contributed by atoms with Crippen molar-refractivity contribution in [1.29, 1.82) is 0 Å². The van der Waals surface area contributed by atoms with Crippen molar-refractivity contribution >= 4 is 23.7 Å². The minimum absolute atomic E-state index is 0.0860. The van der Waals surface area contributed by atoms with Crippen LogP contribution in [0.1, 0.15) is 33.8 Å².